The SMILES string of the molecule is CCC(CC)c1c[n+](C)c(-c2ccc(C(C)(C)C)cc2C)cc1[Si](C)(C)C.Cc1ccc(C(C)C)cc1-c1cc([Si](C)(C)C)c(C2CCCC2)c[n+]1C.Cc1ccc(C)c(-c2cc([Si](C)(C)C)c(C3CCCC3)c[n+]2C)c1.Cc1ccc(CC(C)C)cc1-c1cc([Si](C)(C)C)c(C2CCCC2)c[n+]1C. The van der Waals surface area contributed by atoms with Crippen molar-refractivity contribution in [1.82, 2.24) is 0 Å². The van der Waals surface area contributed by atoms with Gasteiger partial charge in [-0.05, 0) is 217 Å². The highest BCUT2D eigenvalue weighted by molar-refractivity contribution is 6.90. The predicted octanol–water partition coefficient (Wildman–Crippen LogP) is 22.9. The third kappa shape index (κ3) is 20.8. The van der Waals surface area contributed by atoms with Gasteiger partial charge < -0.3 is 0 Å². The Bertz CT molecular complexity index is 4240. The Hall–Kier alpha value is -5.65. The molecule has 104 heavy (non-hydrogen) atoms. The van der Waals surface area contributed by atoms with Crippen LogP contribution in [-0.4, -0.2) is 32.3 Å². The van der Waals surface area contributed by atoms with Gasteiger partial charge in [-0.15, -0.1) is 0 Å². The van der Waals surface area contributed by atoms with Gasteiger partial charge in [-0.3, -0.25) is 0 Å². The Morgan fingerprint density at radius 2 is 0.740 bits per heavy atom. The molecule has 4 aromatic heterocycles. The van der Waals surface area contributed by atoms with Gasteiger partial charge in [-0.2, -0.15) is 0 Å². The second-order valence-electron chi connectivity index (χ2n) is 38.6. The number of aromatic nitrogens is 4. The number of aryl methyl sites for hydroxylation is 9. The fraction of sp³-hybridized carbons (Fsp3) is 0.542. The van der Waals surface area contributed by atoms with E-state index in [0.717, 1.165) is 24.2 Å². The molecule has 0 N–H and O–H groups in total. The highest BCUT2D eigenvalue weighted by atomic mass is 28.3. The first-order chi connectivity index (χ1) is 48.5. The first kappa shape index (κ1) is 84.0. The minimum atomic E-state index is -1.43. The summed E-state index contributed by atoms with van der Waals surface area (Å²) in [6.07, 6.45) is 30.1. The van der Waals surface area contributed by atoms with Crippen molar-refractivity contribution in [3.8, 4) is 45.0 Å². The summed E-state index contributed by atoms with van der Waals surface area (Å²) >= 11 is 0. The molecule has 4 heterocycles. The van der Waals surface area contributed by atoms with Crippen molar-refractivity contribution in [2.24, 2.45) is 34.1 Å². The monoisotopic (exact) mass is 1470 g/mol. The van der Waals surface area contributed by atoms with Crippen molar-refractivity contribution in [2.45, 2.75) is 307 Å². The summed E-state index contributed by atoms with van der Waals surface area (Å²) in [4.78, 5) is 0. The molecule has 11 rings (SSSR count). The van der Waals surface area contributed by atoms with Gasteiger partial charge in [0.1, 0.15) is 28.2 Å². The molecule has 4 nitrogen and oxygen atoms in total. The van der Waals surface area contributed by atoms with Gasteiger partial charge in [0.2, 0.25) is 22.8 Å². The van der Waals surface area contributed by atoms with Crippen LogP contribution in [0.3, 0.4) is 0 Å². The zero-order valence-corrected chi connectivity index (χ0v) is 75.9. The summed E-state index contributed by atoms with van der Waals surface area (Å²) < 4.78 is 9.53. The molecule has 4 aromatic carbocycles. The zero-order valence-electron chi connectivity index (χ0n) is 71.9. The van der Waals surface area contributed by atoms with Crippen LogP contribution in [0.4, 0.5) is 0 Å². The quantitative estimate of drug-likeness (QED) is 0.0638. The van der Waals surface area contributed by atoms with Gasteiger partial charge in [0.15, 0.2) is 24.8 Å². The van der Waals surface area contributed by atoms with E-state index in [2.05, 4.69) is 344 Å². The molecule has 0 amide bonds. The van der Waals surface area contributed by atoms with E-state index < -0.39 is 32.3 Å². The maximum atomic E-state index is 2.56. The van der Waals surface area contributed by atoms with Crippen LogP contribution in [0.5, 0.6) is 0 Å². The summed E-state index contributed by atoms with van der Waals surface area (Å²) in [5.41, 5.74) is 28.9. The van der Waals surface area contributed by atoms with Crippen molar-refractivity contribution < 1.29 is 18.3 Å². The molecule has 0 atom stereocenters. The molecule has 0 aliphatic heterocycles. The minimum Gasteiger partial charge on any atom is -0.201 e. The Morgan fingerprint density at radius 1 is 0.385 bits per heavy atom. The molecular weight excluding hydrogens is 1320 g/mol. The van der Waals surface area contributed by atoms with Gasteiger partial charge in [0.25, 0.3) is 0 Å². The van der Waals surface area contributed by atoms with Crippen LogP contribution < -0.4 is 39.0 Å². The molecule has 0 bridgehead atoms. The van der Waals surface area contributed by atoms with Crippen LogP contribution in [0.2, 0.25) is 78.6 Å². The first-order valence-corrected chi connectivity index (χ1v) is 55.1. The molecular formula is C96H146N4Si4+4. The molecule has 3 aliphatic carbocycles. The van der Waals surface area contributed by atoms with Crippen LogP contribution in [0, 0.1) is 40.5 Å². The standard InChI is InChI=1S/C25H38NSi.C25H40NSi.C24H36NSi.C22H32NSi/c1-18(2)14-20-13-12-19(3)22(15-20)24-16-25(27(5,6)7)23(17-26(24)4)21-10-8-9-11-21;1-11-19(12-2)22-17-26(7)23(16-24(22)27(8,9)10)21-14-13-20(15-18(21)3)25(4,5)6;1-17(2)20-13-12-18(3)21(14-20)23-15-24(26(5,6)7)22(16-25(23)4)19-10-8-9-11-19;1-16-11-12-17(2)19(13-16)21-14-22(24(4,5)6)20(15-23(21)3)18-9-7-8-10-18/h12-13,15-18,21H,8-11,14H2,1-7H3;13-17,19H,11-12H2,1-10H3;12-17,19H,8-11H2,1-7H3;11-15,18H,7-10H2,1-6H3/q4*+1. The highest BCUT2D eigenvalue weighted by Gasteiger charge is 2.36. The van der Waals surface area contributed by atoms with E-state index in [-0.39, 0.29) is 5.41 Å². The fourth-order valence-electron chi connectivity index (χ4n) is 17.3. The summed E-state index contributed by atoms with van der Waals surface area (Å²) in [6.45, 7) is 61.8. The smallest absolute Gasteiger partial charge is 0.201 e. The lowest BCUT2D eigenvalue weighted by molar-refractivity contribution is -0.660. The van der Waals surface area contributed by atoms with Crippen molar-refractivity contribution in [3.05, 3.63) is 189 Å². The van der Waals surface area contributed by atoms with E-state index in [1.54, 1.807) is 43.0 Å². The number of hydrogen-bond donors (Lipinski definition) is 0. The second-order valence-corrected chi connectivity index (χ2v) is 58.7. The molecule has 0 saturated heterocycles. The van der Waals surface area contributed by atoms with E-state index in [4.69, 9.17) is 0 Å². The number of rotatable bonds is 17. The van der Waals surface area contributed by atoms with Crippen molar-refractivity contribution in [2.75, 3.05) is 0 Å². The van der Waals surface area contributed by atoms with Gasteiger partial charge in [0, 0.05) is 68.8 Å². The molecule has 8 aromatic rings. The molecule has 3 fully saturated rings. The Balaban J connectivity index is 0.000000176. The predicted molar refractivity (Wildman–Crippen MR) is 466 cm³/mol. The topological polar surface area (TPSA) is 15.5 Å². The number of nitrogens with zero attached hydrogens (tertiary/aromatic N) is 4. The van der Waals surface area contributed by atoms with Crippen LogP contribution in [-0.2, 0) is 40.0 Å². The van der Waals surface area contributed by atoms with Gasteiger partial charge in [0.05, 0.1) is 32.3 Å². The largest absolute Gasteiger partial charge is 0.212 e. The Kier molecular flexibility index (Phi) is 28.0. The van der Waals surface area contributed by atoms with Gasteiger partial charge >= 0.3 is 0 Å². The van der Waals surface area contributed by atoms with E-state index in [1.165, 1.54) is 179 Å². The molecule has 8 heteroatoms. The maximum absolute atomic E-state index is 2.56. The average Bonchev–Trinajstić information content (AvgIpc) is 1.15. The molecule has 0 radical (unpaired) electrons. The number of benzene rings is 4. The van der Waals surface area contributed by atoms with Crippen LogP contribution >= 0.6 is 0 Å². The molecule has 562 valence electrons. The highest BCUT2D eigenvalue weighted by Crippen LogP contribution is 2.39. The van der Waals surface area contributed by atoms with Crippen molar-refractivity contribution in [3.63, 3.8) is 0 Å². The van der Waals surface area contributed by atoms with E-state index in [9.17, 15) is 0 Å². The van der Waals surface area contributed by atoms with Crippen molar-refractivity contribution in [1.29, 1.82) is 0 Å². The normalized spacial score (nSPS) is 15.0. The Labute approximate surface area is 641 Å². The molecule has 0 spiro atoms. The van der Waals surface area contributed by atoms with Gasteiger partial charge in [-0.1, -0.05) is 233 Å². The lowest BCUT2D eigenvalue weighted by Gasteiger charge is -2.25. The van der Waals surface area contributed by atoms with E-state index in [0.29, 0.717) is 17.8 Å². The molecule has 3 saturated carbocycles. The summed E-state index contributed by atoms with van der Waals surface area (Å²) in [5, 5.41) is 6.65. The third-order valence-electron chi connectivity index (χ3n) is 23.7. The van der Waals surface area contributed by atoms with E-state index in [1.807, 2.05) is 0 Å². The minimum absolute atomic E-state index is 0.189. The third-order valence-corrected chi connectivity index (χ3v) is 31.9. The molecule has 0 unspecified atom stereocenters. The van der Waals surface area contributed by atoms with Crippen LogP contribution in [0.1, 0.15) is 249 Å². The number of pyridine rings is 4. The van der Waals surface area contributed by atoms with E-state index >= 15 is 0 Å². The van der Waals surface area contributed by atoms with Crippen molar-refractivity contribution >= 4 is 53.0 Å². The summed E-state index contributed by atoms with van der Waals surface area (Å²) in [6, 6.07) is 38.0. The lowest BCUT2D eigenvalue weighted by Crippen LogP contribution is -2.45. The molecule has 3 aliphatic rings. The van der Waals surface area contributed by atoms with Crippen LogP contribution in [0.15, 0.2) is 122 Å². The summed E-state index contributed by atoms with van der Waals surface area (Å²) in [7, 11) is 3.32. The first-order valence-electron chi connectivity index (χ1n) is 41.1. The zero-order chi connectivity index (χ0) is 76.9. The maximum Gasteiger partial charge on any atom is 0.212 e. The number of hydrogen-bond acceptors (Lipinski definition) is 0. The summed E-state index contributed by atoms with van der Waals surface area (Å²) in [5.74, 6) is 4.26. The second kappa shape index (κ2) is 34.7. The van der Waals surface area contributed by atoms with Gasteiger partial charge in [-0.25, -0.2) is 18.3 Å². The fourth-order valence-corrected chi connectivity index (χ4v) is 24.2. The van der Waals surface area contributed by atoms with Crippen LogP contribution in [0.25, 0.3) is 45.0 Å². The Morgan fingerprint density at radius 3 is 1.11 bits per heavy atom. The average molecular weight is 1470 g/mol. The lowest BCUT2D eigenvalue weighted by atomic mass is 9.85.